The van der Waals surface area contributed by atoms with E-state index in [-0.39, 0.29) is 190 Å². The average Bonchev–Trinajstić information content (AvgIpc) is 1.54. The molecule has 2 heterocycles. The number of fused-ring (bicyclic) bond motifs is 45. The second-order valence-electron chi connectivity index (χ2n) is 53.7. The van der Waals surface area contributed by atoms with Crippen LogP contribution in [0.4, 0.5) is 0 Å². The first-order valence-electron chi connectivity index (χ1n) is 56.5. The van der Waals surface area contributed by atoms with Crippen molar-refractivity contribution in [3.05, 3.63) is 12.3 Å². The standard InChI is InChI=1S/C26H38O6.C24H34O7.C23H35NO4.C22H34O5.C21H32O6/c1-11-12(2)14-8-13(11)17-15-9-16(18(14)17)20(23(28)32-25(3,4)5)19(15)22(27)31-21-24(29)30-10-26(21,6)7;1-5-28-12(4)30-23(26)21-16-8-17(20-15-7-14(19(16)20)10(2)11(15)3)22(21)24(27)31-13-6-18(25)29-9-13;1-10(9-24)27-21(25)19-15-8-16(20(19)22(26)28-23(4,5)6)18-14-7-13(17(15)18)11(2)12(14)3;1-10-11(2)13-8-12(10)16-14-9-15(17(13)16)19(21(25)27-22(3,4)5)18(14)20(24)26-7-6-23;1-4-25-9-27-21(24)19-15-8-14(18(19)20(23)26-6-5-22)16-12-7-13(17(15)16)11(3)10(12)2/h11-21H,8-10H2,1-7H3;10-17,19-22H,5-9H2,1-4H3;11-20H,1,7-9,24H2,2-6H3;10-19,23H,6-9H2,1-5H3;10-19,22H,4-9H2,1-3H3. The summed E-state index contributed by atoms with van der Waals surface area (Å²) >= 11 is 0. The molecule has 29 nitrogen and oxygen atoms in total. The highest BCUT2D eigenvalue weighted by Crippen LogP contribution is 2.79. The molecule has 22 aliphatic rings. The van der Waals surface area contributed by atoms with Crippen molar-refractivity contribution in [1.29, 1.82) is 0 Å². The maximum atomic E-state index is 13.6. The molecule has 0 amide bonds. The number of carbonyl (C=O) groups excluding carboxylic acids is 12. The normalized spacial score (nSPS) is 47.1. The van der Waals surface area contributed by atoms with Gasteiger partial charge < -0.3 is 82.3 Å². The number of carbonyl (C=O) groups is 12. The highest BCUT2D eigenvalue weighted by molar-refractivity contribution is 5.89. The van der Waals surface area contributed by atoms with Gasteiger partial charge in [-0.3, -0.25) is 52.7 Å². The monoisotopic (exact) mass is 2030 g/mol. The molecule has 0 aromatic carbocycles. The van der Waals surface area contributed by atoms with Crippen LogP contribution in [0.5, 0.6) is 0 Å². The third-order valence-corrected chi connectivity index (χ3v) is 44.1. The van der Waals surface area contributed by atoms with Crippen LogP contribution >= 0.6 is 0 Å². The zero-order valence-corrected chi connectivity index (χ0v) is 90.7. The molecule has 0 aromatic heterocycles. The quantitative estimate of drug-likeness (QED) is 0.0202. The summed E-state index contributed by atoms with van der Waals surface area (Å²) in [5.41, 5.74) is 3.27. The first-order valence-corrected chi connectivity index (χ1v) is 56.5. The van der Waals surface area contributed by atoms with Gasteiger partial charge in [0.05, 0.1) is 85.4 Å². The topological polar surface area (TPSA) is 401 Å². The minimum Gasteiger partial charge on any atom is -0.463 e. The van der Waals surface area contributed by atoms with Gasteiger partial charge in [-0.15, -0.1) is 0 Å². The van der Waals surface area contributed by atoms with Crippen molar-refractivity contribution in [3.63, 3.8) is 0 Å². The van der Waals surface area contributed by atoms with Gasteiger partial charge in [0, 0.05) is 18.6 Å². The second-order valence-corrected chi connectivity index (χ2v) is 53.7. The van der Waals surface area contributed by atoms with Crippen LogP contribution in [0.25, 0.3) is 0 Å². The Kier molecular flexibility index (Phi) is 30.3. The molecule has 2 saturated heterocycles. The van der Waals surface area contributed by atoms with Crippen molar-refractivity contribution < 1.29 is 134 Å². The Bertz CT molecular complexity index is 4890. The lowest BCUT2D eigenvalue weighted by Gasteiger charge is -2.45. The molecule has 145 heavy (non-hydrogen) atoms. The number of ether oxygens (including phenoxy) is 14. The molecule has 20 aliphatic carbocycles. The summed E-state index contributed by atoms with van der Waals surface area (Å²) in [6.07, 6.45) is 8.78. The molecule has 53 atom stereocenters. The lowest BCUT2D eigenvalue weighted by molar-refractivity contribution is -0.189. The minimum atomic E-state index is -0.914. The number of hydrogen-bond donors (Lipinski definition) is 3. The maximum absolute atomic E-state index is 13.6. The second kappa shape index (κ2) is 40.6. The largest absolute Gasteiger partial charge is 0.463 e. The Hall–Kier alpha value is -6.82. The molecular formula is C116H173NO28. The summed E-state index contributed by atoms with van der Waals surface area (Å²) in [6.45, 7) is 54.3. The van der Waals surface area contributed by atoms with Crippen LogP contribution in [0.1, 0.15) is 237 Å². The summed E-state index contributed by atoms with van der Waals surface area (Å²) in [7, 11) is 0. The predicted octanol–water partition coefficient (Wildman–Crippen LogP) is 15.0. The van der Waals surface area contributed by atoms with E-state index in [1.807, 2.05) is 90.0 Å². The summed E-state index contributed by atoms with van der Waals surface area (Å²) < 4.78 is 76.7. The van der Waals surface area contributed by atoms with Gasteiger partial charge >= 0.3 is 71.6 Å². The number of hydrogen-bond acceptors (Lipinski definition) is 29. The summed E-state index contributed by atoms with van der Waals surface area (Å²) in [6, 6.07) is 0. The summed E-state index contributed by atoms with van der Waals surface area (Å²) in [5, 5.41) is 18.1. The van der Waals surface area contributed by atoms with E-state index in [1.54, 1.807) is 6.92 Å². The highest BCUT2D eigenvalue weighted by Gasteiger charge is 2.78. The number of rotatable bonds is 24. The Morgan fingerprint density at radius 2 is 0.648 bits per heavy atom. The maximum Gasteiger partial charge on any atom is 0.348 e. The fraction of sp³-hybridized carbons (Fsp3) is 0.879. The number of aliphatic hydroxyl groups is 2. The zero-order chi connectivity index (χ0) is 105. The first kappa shape index (κ1) is 108. The van der Waals surface area contributed by atoms with Gasteiger partial charge in [-0.2, -0.15) is 0 Å². The number of cyclic esters (lactones) is 2. The number of aliphatic hydroxyl groups excluding tert-OH is 2. The number of nitrogens with two attached hydrogens (primary N) is 1. The van der Waals surface area contributed by atoms with E-state index in [0.29, 0.717) is 191 Å². The smallest absolute Gasteiger partial charge is 0.348 e. The predicted molar refractivity (Wildman–Crippen MR) is 525 cm³/mol. The van der Waals surface area contributed by atoms with E-state index in [2.05, 4.69) is 75.8 Å². The molecule has 53 unspecified atom stereocenters. The highest BCUT2D eigenvalue weighted by atomic mass is 16.7. The van der Waals surface area contributed by atoms with Crippen molar-refractivity contribution in [3.8, 4) is 0 Å². The van der Waals surface area contributed by atoms with E-state index in [4.69, 9.17) is 82.3 Å². The van der Waals surface area contributed by atoms with Crippen LogP contribution in [0.15, 0.2) is 12.3 Å². The molecule has 0 spiro atoms. The third-order valence-electron chi connectivity index (χ3n) is 44.1. The lowest BCUT2D eigenvalue weighted by Crippen LogP contribution is -2.49. The molecule has 22 fully saturated rings. The van der Waals surface area contributed by atoms with Crippen LogP contribution < -0.4 is 5.73 Å². The van der Waals surface area contributed by atoms with Gasteiger partial charge in [0.15, 0.2) is 13.1 Å². The van der Waals surface area contributed by atoms with Gasteiger partial charge in [0.2, 0.25) is 6.10 Å². The van der Waals surface area contributed by atoms with Gasteiger partial charge in [0.1, 0.15) is 55.1 Å². The fourth-order valence-electron chi connectivity index (χ4n) is 39.0. The average molecular weight is 2030 g/mol. The lowest BCUT2D eigenvalue weighted by atomic mass is 9.59. The van der Waals surface area contributed by atoms with Crippen LogP contribution in [0.3, 0.4) is 0 Å². The molecule has 20 bridgehead atoms. The number of esters is 12. The third kappa shape index (κ3) is 18.6. The Morgan fingerprint density at radius 3 is 0.903 bits per heavy atom. The van der Waals surface area contributed by atoms with E-state index >= 15 is 0 Å². The Labute approximate surface area is 858 Å². The van der Waals surface area contributed by atoms with Crippen molar-refractivity contribution in [2.75, 3.05) is 66.2 Å². The molecule has 0 aromatic rings. The van der Waals surface area contributed by atoms with Crippen LogP contribution in [-0.4, -0.2) is 183 Å². The molecule has 4 N–H and O–H groups in total. The zero-order valence-electron chi connectivity index (χ0n) is 90.7. The van der Waals surface area contributed by atoms with Gasteiger partial charge in [-0.05, 0) is 384 Å². The SMILES string of the molecule is C=C(CN)OC(=O)C1C2CC(C1C(=O)OC(C)(C)C)C1C3CC(C(C)C3C)C21.CC1C(C)C2CC1C1C3CC(C(C(=O)OC(C)(C)C)C3C(=O)OC3C(=O)OCC3(C)C)C21.CC1C(C)C2CC1C1C3CC(C(C(=O)OC(C)(C)C)C3C(=O)OCCO)C21.CCOC(C)OC(=O)C1C2CC(C1C(=O)OC1COC(=O)C1)C1C3CC(C(C)C3C)C21.CCOCOC(=O)C1C2CC(C1C(=O)OCCO)C1C3CC(C(C)C3C)C21. The van der Waals surface area contributed by atoms with Crippen molar-refractivity contribution in [1.82, 2.24) is 0 Å². The van der Waals surface area contributed by atoms with Crippen LogP contribution in [-0.2, 0) is 124 Å². The minimum absolute atomic E-state index is 0.00133. The van der Waals surface area contributed by atoms with E-state index in [0.717, 1.165) is 32.1 Å². The Morgan fingerprint density at radius 1 is 0.379 bits per heavy atom. The van der Waals surface area contributed by atoms with E-state index in [9.17, 15) is 57.5 Å². The summed E-state index contributed by atoms with van der Waals surface area (Å²) in [4.78, 5) is 155. The van der Waals surface area contributed by atoms with Crippen molar-refractivity contribution >= 4 is 71.6 Å². The van der Waals surface area contributed by atoms with Gasteiger partial charge in [0.25, 0.3) is 0 Å². The molecule has 2 aliphatic heterocycles. The van der Waals surface area contributed by atoms with Gasteiger partial charge in [-0.25, -0.2) is 4.79 Å². The molecule has 810 valence electrons. The van der Waals surface area contributed by atoms with Crippen LogP contribution in [0, 0.1) is 301 Å². The molecule has 0 radical (unpaired) electrons. The summed E-state index contributed by atoms with van der Waals surface area (Å²) in [5.74, 6) is 12.5. The van der Waals surface area contributed by atoms with Crippen molar-refractivity contribution in [2.45, 2.75) is 272 Å². The molecular weight excluding hydrogens is 1860 g/mol. The van der Waals surface area contributed by atoms with Crippen LogP contribution in [0.2, 0.25) is 0 Å². The molecule has 22 rings (SSSR count). The fourth-order valence-corrected chi connectivity index (χ4v) is 39.0. The molecule has 29 heteroatoms. The van der Waals surface area contributed by atoms with E-state index in [1.165, 1.54) is 32.1 Å². The first-order chi connectivity index (χ1) is 68.3. The van der Waals surface area contributed by atoms with E-state index < -0.39 is 106 Å². The van der Waals surface area contributed by atoms with Gasteiger partial charge in [-0.1, -0.05) is 89.7 Å². The van der Waals surface area contributed by atoms with Crippen molar-refractivity contribution in [2.24, 2.45) is 307 Å². The molecule has 20 saturated carbocycles. The Balaban J connectivity index is 0.000000119.